The summed E-state index contributed by atoms with van der Waals surface area (Å²) in [4.78, 5) is 15.2. The van der Waals surface area contributed by atoms with E-state index in [9.17, 15) is 31.1 Å². The maximum Gasteiger partial charge on any atom is 0.573 e. The molecule has 4 rings (SSSR count). The fourth-order valence-corrected chi connectivity index (χ4v) is 4.57. The largest absolute Gasteiger partial charge is 0.573 e. The van der Waals surface area contributed by atoms with Crippen LogP contribution in [-0.4, -0.2) is 18.8 Å². The first kappa shape index (κ1) is 26.8. The molecule has 0 aromatic heterocycles. The molecular formula is C26H21ClF6N2O2. The molecule has 3 aromatic carbocycles. The van der Waals surface area contributed by atoms with E-state index in [1.54, 1.807) is 31.2 Å². The minimum Gasteiger partial charge on any atom is -0.406 e. The van der Waals surface area contributed by atoms with Crippen LogP contribution < -0.4 is 15.0 Å². The highest BCUT2D eigenvalue weighted by Crippen LogP contribution is 2.40. The molecule has 1 saturated heterocycles. The first-order valence-corrected chi connectivity index (χ1v) is 11.5. The predicted octanol–water partition coefficient (Wildman–Crippen LogP) is 7.24. The van der Waals surface area contributed by atoms with Crippen LogP contribution in [-0.2, 0) is 16.5 Å². The van der Waals surface area contributed by atoms with E-state index in [2.05, 4.69) is 10.1 Å². The fraction of sp³-hybridized carbons (Fsp3) is 0.269. The van der Waals surface area contributed by atoms with Crippen molar-refractivity contribution >= 4 is 23.2 Å². The lowest BCUT2D eigenvalue weighted by atomic mass is 9.86. The molecule has 1 fully saturated rings. The number of amides is 1. The SMILES string of the molecule is C[C@@H](NC1(c2cccc(OC(F)(F)F)c2)CCN(c2ccc(C(F)(F)F)cc2)C1=O)c1ccc(Cl)cc1. The number of benzene rings is 3. The van der Waals surface area contributed by atoms with E-state index in [0.29, 0.717) is 5.02 Å². The van der Waals surface area contributed by atoms with Crippen molar-refractivity contribution in [1.82, 2.24) is 5.32 Å². The summed E-state index contributed by atoms with van der Waals surface area (Å²) in [5.41, 5.74) is -1.10. The van der Waals surface area contributed by atoms with E-state index < -0.39 is 41.3 Å². The number of nitrogens with zero attached hydrogens (tertiary/aromatic N) is 1. The molecule has 1 unspecified atom stereocenters. The Kier molecular flexibility index (Phi) is 7.18. The van der Waals surface area contributed by atoms with Crippen LogP contribution in [0, 0.1) is 0 Å². The average molecular weight is 543 g/mol. The van der Waals surface area contributed by atoms with E-state index in [0.717, 1.165) is 29.8 Å². The van der Waals surface area contributed by atoms with Gasteiger partial charge in [-0.15, -0.1) is 13.2 Å². The van der Waals surface area contributed by atoms with Crippen molar-refractivity contribution in [3.63, 3.8) is 0 Å². The number of alkyl halides is 6. The van der Waals surface area contributed by atoms with Crippen LogP contribution in [0.25, 0.3) is 0 Å². The van der Waals surface area contributed by atoms with E-state index >= 15 is 0 Å². The molecule has 1 N–H and O–H groups in total. The highest BCUT2D eigenvalue weighted by Gasteiger charge is 2.49. The predicted molar refractivity (Wildman–Crippen MR) is 126 cm³/mol. The van der Waals surface area contributed by atoms with Crippen molar-refractivity contribution < 1.29 is 35.9 Å². The molecule has 11 heteroatoms. The number of carbonyl (C=O) groups is 1. The van der Waals surface area contributed by atoms with Gasteiger partial charge in [-0.2, -0.15) is 13.2 Å². The summed E-state index contributed by atoms with van der Waals surface area (Å²) in [5.74, 6) is -1.01. The first-order chi connectivity index (χ1) is 17.3. The van der Waals surface area contributed by atoms with Crippen molar-refractivity contribution in [3.8, 4) is 5.75 Å². The van der Waals surface area contributed by atoms with Gasteiger partial charge in [0.05, 0.1) is 5.56 Å². The number of anilines is 1. The highest BCUT2D eigenvalue weighted by molar-refractivity contribution is 6.30. The number of carbonyl (C=O) groups excluding carboxylic acids is 1. The lowest BCUT2D eigenvalue weighted by Crippen LogP contribution is -2.50. The molecule has 4 nitrogen and oxygen atoms in total. The Morgan fingerprint density at radius 1 is 0.973 bits per heavy atom. The second-order valence-electron chi connectivity index (χ2n) is 8.65. The molecule has 1 amide bonds. The maximum absolute atomic E-state index is 13.9. The molecule has 0 aliphatic carbocycles. The van der Waals surface area contributed by atoms with E-state index in [1.807, 2.05) is 0 Å². The van der Waals surface area contributed by atoms with Gasteiger partial charge in [-0.1, -0.05) is 35.9 Å². The van der Waals surface area contributed by atoms with E-state index in [-0.39, 0.29) is 24.2 Å². The Morgan fingerprint density at radius 2 is 1.62 bits per heavy atom. The molecule has 196 valence electrons. The third kappa shape index (κ3) is 5.86. The number of nitrogens with one attached hydrogen (secondary N) is 1. The highest BCUT2D eigenvalue weighted by atomic mass is 35.5. The molecule has 0 radical (unpaired) electrons. The summed E-state index contributed by atoms with van der Waals surface area (Å²) in [6.07, 6.45) is -9.33. The number of hydrogen-bond acceptors (Lipinski definition) is 3. The van der Waals surface area contributed by atoms with Crippen molar-refractivity contribution in [3.05, 3.63) is 94.5 Å². The van der Waals surface area contributed by atoms with Gasteiger partial charge in [0.15, 0.2) is 0 Å². The molecule has 0 saturated carbocycles. The molecule has 0 spiro atoms. The van der Waals surface area contributed by atoms with Crippen LogP contribution >= 0.6 is 11.6 Å². The van der Waals surface area contributed by atoms with Crippen LogP contribution in [0.3, 0.4) is 0 Å². The summed E-state index contributed by atoms with van der Waals surface area (Å²) in [6, 6.07) is 15.7. The minimum absolute atomic E-state index is 0.120. The van der Waals surface area contributed by atoms with Gasteiger partial charge < -0.3 is 9.64 Å². The second kappa shape index (κ2) is 9.90. The zero-order valence-corrected chi connectivity index (χ0v) is 20.1. The second-order valence-corrected chi connectivity index (χ2v) is 9.09. The van der Waals surface area contributed by atoms with Gasteiger partial charge in [-0.05, 0) is 73.0 Å². The summed E-state index contributed by atoms with van der Waals surface area (Å²) in [6.45, 7) is 1.91. The topological polar surface area (TPSA) is 41.6 Å². The summed E-state index contributed by atoms with van der Waals surface area (Å²) >= 11 is 5.97. The smallest absolute Gasteiger partial charge is 0.406 e. The molecule has 0 bridgehead atoms. The Morgan fingerprint density at radius 3 is 2.22 bits per heavy atom. The van der Waals surface area contributed by atoms with Gasteiger partial charge >= 0.3 is 12.5 Å². The molecule has 1 aliphatic rings. The third-order valence-electron chi connectivity index (χ3n) is 6.22. The molecule has 3 aromatic rings. The zero-order valence-electron chi connectivity index (χ0n) is 19.3. The lowest BCUT2D eigenvalue weighted by Gasteiger charge is -2.33. The molecule has 1 heterocycles. The summed E-state index contributed by atoms with van der Waals surface area (Å²) in [7, 11) is 0. The van der Waals surface area contributed by atoms with Crippen molar-refractivity contribution in [1.29, 1.82) is 0 Å². The van der Waals surface area contributed by atoms with Crippen LogP contribution in [0.4, 0.5) is 32.0 Å². The van der Waals surface area contributed by atoms with Crippen LogP contribution in [0.2, 0.25) is 5.02 Å². The number of hydrogen-bond donors (Lipinski definition) is 1. The Labute approximate surface area is 213 Å². The van der Waals surface area contributed by atoms with Crippen LogP contribution in [0.15, 0.2) is 72.8 Å². The van der Waals surface area contributed by atoms with Crippen molar-refractivity contribution in [2.75, 3.05) is 11.4 Å². The van der Waals surface area contributed by atoms with Gasteiger partial charge in [-0.3, -0.25) is 10.1 Å². The molecular weight excluding hydrogens is 522 g/mol. The lowest BCUT2D eigenvalue weighted by molar-refractivity contribution is -0.274. The van der Waals surface area contributed by atoms with Gasteiger partial charge in [0.2, 0.25) is 0 Å². The van der Waals surface area contributed by atoms with Gasteiger partial charge in [0.1, 0.15) is 11.3 Å². The van der Waals surface area contributed by atoms with E-state index in [1.165, 1.54) is 29.2 Å². The number of rotatable bonds is 6. The number of halogens is 7. The van der Waals surface area contributed by atoms with E-state index in [4.69, 9.17) is 11.6 Å². The summed E-state index contributed by atoms with van der Waals surface area (Å²) < 4.78 is 81.8. The summed E-state index contributed by atoms with van der Waals surface area (Å²) in [5, 5.41) is 3.78. The molecule has 37 heavy (non-hydrogen) atoms. The zero-order chi connectivity index (χ0) is 27.0. The van der Waals surface area contributed by atoms with Crippen LogP contribution in [0.1, 0.15) is 36.1 Å². The Bertz CT molecular complexity index is 1260. The monoisotopic (exact) mass is 542 g/mol. The minimum atomic E-state index is -4.93. The molecule has 2 atom stereocenters. The maximum atomic E-state index is 13.9. The fourth-order valence-electron chi connectivity index (χ4n) is 4.44. The average Bonchev–Trinajstić information content (AvgIpc) is 3.15. The normalized spacial score (nSPS) is 19.2. The van der Waals surface area contributed by atoms with Crippen LogP contribution in [0.5, 0.6) is 5.75 Å². The third-order valence-corrected chi connectivity index (χ3v) is 6.47. The molecule has 1 aliphatic heterocycles. The Balaban J connectivity index is 1.72. The van der Waals surface area contributed by atoms with Gasteiger partial charge in [0.25, 0.3) is 5.91 Å². The van der Waals surface area contributed by atoms with Crippen molar-refractivity contribution in [2.24, 2.45) is 0 Å². The first-order valence-electron chi connectivity index (χ1n) is 11.2. The number of ether oxygens (including phenoxy) is 1. The quantitative estimate of drug-likeness (QED) is 0.334. The van der Waals surface area contributed by atoms with Crippen molar-refractivity contribution in [2.45, 2.75) is 37.5 Å². The Hall–Kier alpha value is -3.24. The van der Waals surface area contributed by atoms with Gasteiger partial charge in [-0.25, -0.2) is 0 Å². The van der Waals surface area contributed by atoms with Gasteiger partial charge in [0, 0.05) is 23.3 Å². The standard InChI is InChI=1S/C26H21ClF6N2O2/c1-16(17-5-9-20(27)10-6-17)34-24(19-3-2-4-22(15-19)37-26(31,32)33)13-14-35(23(24)36)21-11-7-18(8-12-21)25(28,29)30/h2-12,15-16,34H,13-14H2,1H3/t16-,24?/m1/s1.